The molecule has 0 radical (unpaired) electrons. The number of nitrogens with zero attached hydrogens (tertiary/aromatic N) is 3. The van der Waals surface area contributed by atoms with Gasteiger partial charge in [-0.25, -0.2) is 4.98 Å². The summed E-state index contributed by atoms with van der Waals surface area (Å²) in [5, 5.41) is 19.6. The normalized spacial score (nSPS) is 28.9. The second-order valence-electron chi connectivity index (χ2n) is 6.78. The van der Waals surface area contributed by atoms with Crippen LogP contribution in [0.3, 0.4) is 0 Å². The first-order valence-corrected chi connectivity index (χ1v) is 8.26. The number of imidazole rings is 1. The molecule has 1 aliphatic heterocycles. The minimum absolute atomic E-state index is 0.147. The average Bonchev–Trinajstić information content (AvgIpc) is 2.96. The van der Waals surface area contributed by atoms with Crippen molar-refractivity contribution in [3.8, 4) is 0 Å². The van der Waals surface area contributed by atoms with E-state index in [1.54, 1.807) is 0 Å². The Morgan fingerprint density at radius 2 is 2.05 bits per heavy atom. The zero-order valence-corrected chi connectivity index (χ0v) is 12.7. The van der Waals surface area contributed by atoms with E-state index in [2.05, 4.69) is 14.5 Å². The minimum atomic E-state index is -0.923. The Morgan fingerprint density at radius 1 is 1.24 bits per heavy atom. The maximum Gasteiger partial charge on any atom is 0.100 e. The summed E-state index contributed by atoms with van der Waals surface area (Å²) in [6.45, 7) is 2.21. The van der Waals surface area contributed by atoms with Gasteiger partial charge in [0.2, 0.25) is 0 Å². The third-order valence-corrected chi connectivity index (χ3v) is 5.03. The standard InChI is InChI=1S/C16H27N3O2/c20-12-16(21)7-4-8-18(11-16)10-15-9-17-13-19(15)14-5-2-1-3-6-14/h9,13-14,20-21H,1-8,10-12H2. The first-order valence-electron chi connectivity index (χ1n) is 8.26. The smallest absolute Gasteiger partial charge is 0.100 e. The molecule has 1 aliphatic carbocycles. The number of hydrogen-bond acceptors (Lipinski definition) is 4. The summed E-state index contributed by atoms with van der Waals surface area (Å²) in [7, 11) is 0. The van der Waals surface area contributed by atoms with Gasteiger partial charge in [0.25, 0.3) is 0 Å². The lowest BCUT2D eigenvalue weighted by Gasteiger charge is -2.38. The van der Waals surface area contributed by atoms with E-state index in [1.807, 2.05) is 12.5 Å². The lowest BCUT2D eigenvalue weighted by Crippen LogP contribution is -2.50. The van der Waals surface area contributed by atoms with Gasteiger partial charge in [0, 0.05) is 25.3 Å². The molecule has 2 N–H and O–H groups in total. The molecule has 0 aromatic carbocycles. The largest absolute Gasteiger partial charge is 0.393 e. The van der Waals surface area contributed by atoms with Crippen molar-refractivity contribution in [1.82, 2.24) is 14.5 Å². The summed E-state index contributed by atoms with van der Waals surface area (Å²) in [6, 6.07) is 0.595. The molecule has 2 heterocycles. The molecule has 1 aromatic heterocycles. The summed E-state index contributed by atoms with van der Waals surface area (Å²) in [5.74, 6) is 0. The molecule has 2 fully saturated rings. The molecule has 1 saturated heterocycles. The summed E-state index contributed by atoms with van der Waals surface area (Å²) in [6.07, 6.45) is 12.1. The number of aliphatic hydroxyl groups is 2. The van der Waals surface area contributed by atoms with E-state index in [9.17, 15) is 10.2 Å². The fourth-order valence-electron chi connectivity index (χ4n) is 3.84. The van der Waals surface area contributed by atoms with Crippen molar-refractivity contribution in [3.05, 3.63) is 18.2 Å². The molecular weight excluding hydrogens is 266 g/mol. The molecule has 0 amide bonds. The van der Waals surface area contributed by atoms with Gasteiger partial charge in [0.05, 0.1) is 18.6 Å². The fraction of sp³-hybridized carbons (Fsp3) is 0.812. The lowest BCUT2D eigenvalue weighted by atomic mass is 9.93. The van der Waals surface area contributed by atoms with Crippen LogP contribution in [0.1, 0.15) is 56.7 Å². The quantitative estimate of drug-likeness (QED) is 0.887. The average molecular weight is 293 g/mol. The van der Waals surface area contributed by atoms with E-state index < -0.39 is 5.60 Å². The highest BCUT2D eigenvalue weighted by Gasteiger charge is 2.33. The molecular formula is C16H27N3O2. The number of aromatic nitrogens is 2. The Morgan fingerprint density at radius 3 is 2.81 bits per heavy atom. The molecule has 2 aliphatic rings. The molecule has 5 nitrogen and oxygen atoms in total. The Bertz CT molecular complexity index is 456. The van der Waals surface area contributed by atoms with Gasteiger partial charge < -0.3 is 14.8 Å². The van der Waals surface area contributed by atoms with Crippen molar-refractivity contribution >= 4 is 0 Å². The first-order chi connectivity index (χ1) is 10.2. The van der Waals surface area contributed by atoms with Gasteiger partial charge in [0.15, 0.2) is 0 Å². The third kappa shape index (κ3) is 3.47. The van der Waals surface area contributed by atoms with E-state index in [0.29, 0.717) is 19.0 Å². The first kappa shape index (κ1) is 15.0. The maximum atomic E-state index is 10.3. The zero-order valence-electron chi connectivity index (χ0n) is 12.7. The van der Waals surface area contributed by atoms with Crippen molar-refractivity contribution in [2.45, 2.75) is 63.1 Å². The summed E-state index contributed by atoms with van der Waals surface area (Å²) < 4.78 is 2.34. The van der Waals surface area contributed by atoms with E-state index >= 15 is 0 Å². The van der Waals surface area contributed by atoms with Gasteiger partial charge in [0.1, 0.15) is 5.60 Å². The summed E-state index contributed by atoms with van der Waals surface area (Å²) >= 11 is 0. The van der Waals surface area contributed by atoms with E-state index in [4.69, 9.17) is 0 Å². The van der Waals surface area contributed by atoms with Gasteiger partial charge in [-0.05, 0) is 32.2 Å². The van der Waals surface area contributed by atoms with Crippen LogP contribution in [0.15, 0.2) is 12.5 Å². The van der Waals surface area contributed by atoms with Crippen molar-refractivity contribution in [2.24, 2.45) is 0 Å². The number of rotatable bonds is 4. The third-order valence-electron chi connectivity index (χ3n) is 5.03. The molecule has 1 aromatic rings. The molecule has 3 rings (SSSR count). The van der Waals surface area contributed by atoms with Gasteiger partial charge in [-0.3, -0.25) is 4.90 Å². The monoisotopic (exact) mass is 293 g/mol. The molecule has 5 heteroatoms. The van der Waals surface area contributed by atoms with Crippen LogP contribution < -0.4 is 0 Å². The molecule has 0 spiro atoms. The maximum absolute atomic E-state index is 10.3. The molecule has 1 unspecified atom stereocenters. The van der Waals surface area contributed by atoms with Crippen LogP contribution in [0.25, 0.3) is 0 Å². The second-order valence-corrected chi connectivity index (χ2v) is 6.78. The minimum Gasteiger partial charge on any atom is -0.393 e. The fourth-order valence-corrected chi connectivity index (χ4v) is 3.84. The van der Waals surface area contributed by atoms with Crippen LogP contribution in [-0.4, -0.2) is 50.0 Å². The molecule has 1 atom stereocenters. The summed E-state index contributed by atoms with van der Waals surface area (Å²) in [5.41, 5.74) is 0.317. The highest BCUT2D eigenvalue weighted by Crippen LogP contribution is 2.30. The van der Waals surface area contributed by atoms with Crippen molar-refractivity contribution in [2.75, 3.05) is 19.7 Å². The number of aliphatic hydroxyl groups excluding tert-OH is 1. The van der Waals surface area contributed by atoms with Crippen molar-refractivity contribution in [1.29, 1.82) is 0 Å². The second kappa shape index (κ2) is 6.46. The van der Waals surface area contributed by atoms with Gasteiger partial charge in [-0.1, -0.05) is 19.3 Å². The van der Waals surface area contributed by atoms with Crippen LogP contribution in [0.2, 0.25) is 0 Å². The summed E-state index contributed by atoms with van der Waals surface area (Å²) in [4.78, 5) is 6.59. The molecule has 21 heavy (non-hydrogen) atoms. The van der Waals surface area contributed by atoms with E-state index in [1.165, 1.54) is 37.8 Å². The predicted octanol–water partition coefficient (Wildman–Crippen LogP) is 1.71. The topological polar surface area (TPSA) is 61.5 Å². The SMILES string of the molecule is OCC1(O)CCCN(Cc2cncn2C2CCCCC2)C1. The van der Waals surface area contributed by atoms with Crippen LogP contribution in [0.4, 0.5) is 0 Å². The van der Waals surface area contributed by atoms with E-state index in [-0.39, 0.29) is 6.61 Å². The van der Waals surface area contributed by atoms with Gasteiger partial charge in [-0.15, -0.1) is 0 Å². The van der Waals surface area contributed by atoms with E-state index in [0.717, 1.165) is 19.5 Å². The van der Waals surface area contributed by atoms with Crippen LogP contribution >= 0.6 is 0 Å². The number of likely N-dealkylation sites (tertiary alicyclic amines) is 1. The predicted molar refractivity (Wildman–Crippen MR) is 80.9 cm³/mol. The number of β-amino-alcohol motifs (C(OH)–C–C–N with tert-alkyl or cyclic N) is 1. The highest BCUT2D eigenvalue weighted by molar-refractivity contribution is 5.02. The lowest BCUT2D eigenvalue weighted by molar-refractivity contribution is -0.0691. The Labute approximate surface area is 126 Å². The molecule has 1 saturated carbocycles. The number of hydrogen-bond donors (Lipinski definition) is 2. The van der Waals surface area contributed by atoms with Gasteiger partial charge >= 0.3 is 0 Å². The van der Waals surface area contributed by atoms with Crippen molar-refractivity contribution in [3.63, 3.8) is 0 Å². The van der Waals surface area contributed by atoms with Crippen LogP contribution in [-0.2, 0) is 6.54 Å². The van der Waals surface area contributed by atoms with Crippen LogP contribution in [0.5, 0.6) is 0 Å². The zero-order chi connectivity index (χ0) is 14.7. The molecule has 0 bridgehead atoms. The highest BCUT2D eigenvalue weighted by atomic mass is 16.3. The van der Waals surface area contributed by atoms with Gasteiger partial charge in [-0.2, -0.15) is 0 Å². The number of piperidine rings is 1. The van der Waals surface area contributed by atoms with Crippen molar-refractivity contribution < 1.29 is 10.2 Å². The Hall–Kier alpha value is -0.910. The van der Waals surface area contributed by atoms with Crippen LogP contribution in [0, 0.1) is 0 Å². The Balaban J connectivity index is 1.66. The Kier molecular flexibility index (Phi) is 4.62. The molecule has 118 valence electrons.